The summed E-state index contributed by atoms with van der Waals surface area (Å²) in [5, 5.41) is 11.3. The Bertz CT molecular complexity index is 817. The Morgan fingerprint density at radius 3 is 2.39 bits per heavy atom. The first-order chi connectivity index (χ1) is 13.0. The average molecular weight is 409 g/mol. The first-order valence-electron chi connectivity index (χ1n) is 7.90. The first kappa shape index (κ1) is 21.4. The summed E-state index contributed by atoms with van der Waals surface area (Å²) in [4.78, 5) is 25.0. The van der Waals surface area contributed by atoms with Gasteiger partial charge in [-0.25, -0.2) is 13.6 Å². The highest BCUT2D eigenvalue weighted by atomic mass is 19.4. The quantitative estimate of drug-likeness (QED) is 0.586. The van der Waals surface area contributed by atoms with Crippen molar-refractivity contribution in [3.63, 3.8) is 0 Å². The molecular weight excluding hydrogens is 393 g/mol. The Morgan fingerprint density at radius 1 is 1.32 bits per heavy atom. The second kappa shape index (κ2) is 7.64. The zero-order valence-electron chi connectivity index (χ0n) is 14.9. The number of nitrogens with one attached hydrogen (secondary N) is 1. The molecule has 28 heavy (non-hydrogen) atoms. The highest BCUT2D eigenvalue weighted by molar-refractivity contribution is 6.03. The van der Waals surface area contributed by atoms with Crippen LogP contribution in [0.25, 0.3) is 0 Å². The van der Waals surface area contributed by atoms with Gasteiger partial charge in [0.2, 0.25) is 5.54 Å². The number of carbonyl (C=O) groups is 2. The molecular formula is C15H16F5N5O3. The van der Waals surface area contributed by atoms with E-state index in [4.69, 9.17) is 0 Å². The zero-order valence-corrected chi connectivity index (χ0v) is 14.9. The molecule has 0 radical (unpaired) electrons. The maximum Gasteiger partial charge on any atom is 0.421 e. The second-order valence-corrected chi connectivity index (χ2v) is 6.28. The number of carbonyl (C=O) groups excluding carboxylic acids is 2. The van der Waals surface area contributed by atoms with Gasteiger partial charge in [-0.3, -0.25) is 4.79 Å². The van der Waals surface area contributed by atoms with Gasteiger partial charge in [0, 0.05) is 6.20 Å². The van der Waals surface area contributed by atoms with Gasteiger partial charge < -0.3 is 10.1 Å². The highest BCUT2D eigenvalue weighted by Crippen LogP contribution is 2.46. The Morgan fingerprint density at radius 2 is 1.96 bits per heavy atom. The minimum absolute atomic E-state index is 0.153. The predicted molar refractivity (Wildman–Crippen MR) is 82.9 cm³/mol. The molecule has 0 amide bonds. The summed E-state index contributed by atoms with van der Waals surface area (Å²) < 4.78 is 73.9. The van der Waals surface area contributed by atoms with Crippen molar-refractivity contribution in [1.29, 1.82) is 0 Å². The molecule has 13 heteroatoms. The number of rotatable bonds is 5. The topological polar surface area (TPSA) is 99.0 Å². The van der Waals surface area contributed by atoms with Gasteiger partial charge in [0.15, 0.2) is 6.33 Å². The molecule has 1 N–H and O–H groups in total. The summed E-state index contributed by atoms with van der Waals surface area (Å²) in [6.07, 6.45) is -8.73. The molecule has 2 heterocycles. The summed E-state index contributed by atoms with van der Waals surface area (Å²) in [6.45, 7) is 3.16. The van der Waals surface area contributed by atoms with Crippen LogP contribution in [0.2, 0.25) is 0 Å². The molecule has 0 aromatic carbocycles. The van der Waals surface area contributed by atoms with Crippen LogP contribution >= 0.6 is 0 Å². The summed E-state index contributed by atoms with van der Waals surface area (Å²) in [6, 6.07) is 0. The number of alkyl halides is 5. The molecule has 0 saturated carbocycles. The number of ether oxygens (including phenoxy) is 1. The van der Waals surface area contributed by atoms with Gasteiger partial charge in [-0.15, -0.1) is 10.2 Å². The Balaban J connectivity index is 2.89. The smallest absolute Gasteiger partial charge is 0.421 e. The van der Waals surface area contributed by atoms with E-state index in [1.165, 1.54) is 5.32 Å². The van der Waals surface area contributed by atoms with Crippen LogP contribution in [0.15, 0.2) is 29.2 Å². The molecule has 1 atom stereocenters. The summed E-state index contributed by atoms with van der Waals surface area (Å²) in [5.74, 6) is -3.07. The Kier molecular flexibility index (Phi) is 5.85. The molecule has 0 saturated heterocycles. The summed E-state index contributed by atoms with van der Waals surface area (Å²) in [7, 11) is 0.968. The standard InChI is InChI=1S/C15H16F5N5O3/c1-7(2)4-8-9(12(27)28-3)5-21-14(13(16)17,15(18,19)20)10(8)11(26)25-23-6-22-24-25/h5-7,13,21H,4H2,1-3H3. The van der Waals surface area contributed by atoms with Crippen molar-refractivity contribution in [2.24, 2.45) is 5.92 Å². The third kappa shape index (κ3) is 3.47. The number of halogens is 5. The van der Waals surface area contributed by atoms with Crippen molar-refractivity contribution in [3.8, 4) is 0 Å². The molecule has 0 aliphatic carbocycles. The van der Waals surface area contributed by atoms with Gasteiger partial charge in [0.1, 0.15) is 0 Å². The van der Waals surface area contributed by atoms with E-state index in [0.29, 0.717) is 6.20 Å². The number of hydrogen-bond acceptors (Lipinski definition) is 7. The third-order valence-electron chi connectivity index (χ3n) is 4.00. The Labute approximate surface area is 155 Å². The van der Waals surface area contributed by atoms with Crippen LogP contribution in [0.1, 0.15) is 25.1 Å². The van der Waals surface area contributed by atoms with Crippen molar-refractivity contribution < 1.29 is 36.3 Å². The minimum Gasteiger partial charge on any atom is -0.465 e. The molecule has 1 unspecified atom stereocenters. The van der Waals surface area contributed by atoms with Gasteiger partial charge in [-0.1, -0.05) is 18.6 Å². The Hall–Kier alpha value is -2.86. The molecule has 154 valence electrons. The lowest BCUT2D eigenvalue weighted by Crippen LogP contribution is -2.65. The van der Waals surface area contributed by atoms with E-state index < -0.39 is 52.7 Å². The van der Waals surface area contributed by atoms with E-state index in [9.17, 15) is 31.5 Å². The fourth-order valence-electron chi connectivity index (χ4n) is 2.81. The monoisotopic (exact) mass is 409 g/mol. The van der Waals surface area contributed by atoms with Crippen LogP contribution < -0.4 is 5.32 Å². The summed E-state index contributed by atoms with van der Waals surface area (Å²) >= 11 is 0. The van der Waals surface area contributed by atoms with Crippen LogP contribution in [-0.2, 0) is 9.53 Å². The maximum absolute atomic E-state index is 13.9. The van der Waals surface area contributed by atoms with Gasteiger partial charge in [0.05, 0.1) is 18.3 Å². The molecule has 1 aliphatic rings. The lowest BCUT2D eigenvalue weighted by atomic mass is 9.78. The molecule has 1 aromatic rings. The van der Waals surface area contributed by atoms with Crippen LogP contribution in [0.5, 0.6) is 0 Å². The van der Waals surface area contributed by atoms with E-state index in [1.807, 2.05) is 0 Å². The average Bonchev–Trinajstić information content (AvgIpc) is 3.12. The number of methoxy groups -OCH3 is 1. The SMILES string of the molecule is COC(=O)C1=CNC(C(F)F)(C(F)(F)F)C(C(=O)n2ncnn2)=C1CC(C)C. The highest BCUT2D eigenvalue weighted by Gasteiger charge is 2.67. The van der Waals surface area contributed by atoms with E-state index in [2.05, 4.69) is 20.1 Å². The maximum atomic E-state index is 13.9. The largest absolute Gasteiger partial charge is 0.465 e. The van der Waals surface area contributed by atoms with E-state index >= 15 is 0 Å². The van der Waals surface area contributed by atoms with Gasteiger partial charge >= 0.3 is 12.1 Å². The van der Waals surface area contributed by atoms with Crippen LogP contribution in [0.4, 0.5) is 22.0 Å². The van der Waals surface area contributed by atoms with Crippen LogP contribution in [0.3, 0.4) is 0 Å². The molecule has 2 rings (SSSR count). The van der Waals surface area contributed by atoms with Crippen molar-refractivity contribution in [3.05, 3.63) is 29.2 Å². The van der Waals surface area contributed by atoms with Gasteiger partial charge in [0.25, 0.3) is 12.3 Å². The molecule has 0 bridgehead atoms. The zero-order chi connectivity index (χ0) is 21.3. The van der Waals surface area contributed by atoms with Crippen molar-refractivity contribution in [2.75, 3.05) is 7.11 Å². The number of dihydropyridines is 1. The molecule has 1 aromatic heterocycles. The first-order valence-corrected chi connectivity index (χ1v) is 7.90. The van der Waals surface area contributed by atoms with E-state index in [1.54, 1.807) is 13.8 Å². The van der Waals surface area contributed by atoms with Gasteiger partial charge in [-0.2, -0.15) is 13.2 Å². The lowest BCUT2D eigenvalue weighted by molar-refractivity contribution is -0.214. The number of hydrogen-bond donors (Lipinski definition) is 1. The van der Waals surface area contributed by atoms with E-state index in [0.717, 1.165) is 13.4 Å². The fourth-order valence-corrected chi connectivity index (χ4v) is 2.81. The lowest BCUT2D eigenvalue weighted by Gasteiger charge is -2.40. The summed E-state index contributed by atoms with van der Waals surface area (Å²) in [5.41, 5.74) is -6.45. The predicted octanol–water partition coefficient (Wildman–Crippen LogP) is 1.88. The van der Waals surface area contributed by atoms with Gasteiger partial charge in [-0.05, 0) is 23.1 Å². The van der Waals surface area contributed by atoms with E-state index in [-0.39, 0.29) is 11.2 Å². The number of nitrogens with zero attached hydrogens (tertiary/aromatic N) is 4. The molecule has 0 spiro atoms. The fraction of sp³-hybridized carbons (Fsp3) is 0.533. The molecule has 0 fully saturated rings. The van der Waals surface area contributed by atoms with Crippen molar-refractivity contribution in [1.82, 2.24) is 25.5 Å². The molecule has 8 nitrogen and oxygen atoms in total. The second-order valence-electron chi connectivity index (χ2n) is 6.28. The molecule has 1 aliphatic heterocycles. The number of tetrazole rings is 1. The number of aromatic nitrogens is 4. The third-order valence-corrected chi connectivity index (χ3v) is 4.00. The van der Waals surface area contributed by atoms with Crippen molar-refractivity contribution >= 4 is 11.9 Å². The van der Waals surface area contributed by atoms with Crippen LogP contribution in [-0.4, -0.2) is 57.3 Å². The van der Waals surface area contributed by atoms with Crippen LogP contribution in [0, 0.1) is 5.92 Å². The number of esters is 1. The minimum atomic E-state index is -5.60. The van der Waals surface area contributed by atoms with Crippen molar-refractivity contribution in [2.45, 2.75) is 38.4 Å². The normalized spacial score (nSPS) is 20.3.